The lowest BCUT2D eigenvalue weighted by molar-refractivity contribution is -0.118. The van der Waals surface area contributed by atoms with Crippen molar-refractivity contribution in [2.45, 2.75) is 31.7 Å². The highest BCUT2D eigenvalue weighted by Crippen LogP contribution is 2.38. The number of carbonyl (C=O) groups excluding carboxylic acids is 1. The van der Waals surface area contributed by atoms with E-state index in [9.17, 15) is 4.79 Å². The summed E-state index contributed by atoms with van der Waals surface area (Å²) < 4.78 is 0. The minimum atomic E-state index is -0.508. The van der Waals surface area contributed by atoms with Gasteiger partial charge in [0.25, 0.3) is 0 Å². The maximum atomic E-state index is 11.4. The molecule has 0 saturated heterocycles. The van der Waals surface area contributed by atoms with E-state index in [2.05, 4.69) is 34.9 Å². The third kappa shape index (κ3) is 4.15. The number of hydrogen-bond donors (Lipinski definition) is 3. The number of aliphatic hydroxyl groups is 1. The van der Waals surface area contributed by atoms with Crippen LogP contribution in [-0.2, 0) is 4.79 Å². The van der Waals surface area contributed by atoms with Crippen molar-refractivity contribution in [1.29, 1.82) is 0 Å². The van der Waals surface area contributed by atoms with Gasteiger partial charge in [0.1, 0.15) is 6.61 Å². The van der Waals surface area contributed by atoms with Crippen molar-refractivity contribution in [3.63, 3.8) is 0 Å². The second-order valence-corrected chi connectivity index (χ2v) is 6.36. The van der Waals surface area contributed by atoms with Crippen molar-refractivity contribution in [2.75, 3.05) is 17.2 Å². The Bertz CT molecular complexity index is 666. The Hall–Kier alpha value is -2.33. The van der Waals surface area contributed by atoms with Crippen LogP contribution in [-0.4, -0.2) is 17.6 Å². The van der Waals surface area contributed by atoms with Gasteiger partial charge < -0.3 is 15.7 Å². The zero-order chi connectivity index (χ0) is 16.8. The van der Waals surface area contributed by atoms with E-state index >= 15 is 0 Å². The highest BCUT2D eigenvalue weighted by molar-refractivity contribution is 5.91. The van der Waals surface area contributed by atoms with Gasteiger partial charge in [-0.15, -0.1) is 0 Å². The van der Waals surface area contributed by atoms with Gasteiger partial charge in [-0.2, -0.15) is 0 Å². The van der Waals surface area contributed by atoms with Crippen LogP contribution in [0.15, 0.2) is 54.6 Å². The number of rotatable bonds is 6. The summed E-state index contributed by atoms with van der Waals surface area (Å²) in [5, 5.41) is 15.2. The Morgan fingerprint density at radius 2 is 1.75 bits per heavy atom. The van der Waals surface area contributed by atoms with E-state index in [1.165, 1.54) is 31.2 Å². The molecule has 0 spiro atoms. The van der Waals surface area contributed by atoms with Crippen LogP contribution in [0.3, 0.4) is 0 Å². The van der Waals surface area contributed by atoms with E-state index in [1.807, 2.05) is 30.3 Å². The van der Waals surface area contributed by atoms with Gasteiger partial charge in [0.05, 0.1) is 6.04 Å². The number of amides is 1. The zero-order valence-electron chi connectivity index (χ0n) is 13.7. The van der Waals surface area contributed by atoms with Gasteiger partial charge >= 0.3 is 0 Å². The van der Waals surface area contributed by atoms with Gasteiger partial charge in [0, 0.05) is 11.4 Å². The molecule has 0 aromatic heterocycles. The quantitative estimate of drug-likeness (QED) is 0.754. The van der Waals surface area contributed by atoms with Crippen molar-refractivity contribution < 1.29 is 9.90 Å². The summed E-state index contributed by atoms with van der Waals surface area (Å²) in [5.41, 5.74) is 2.97. The molecular formula is C20H24N2O2. The number of nitrogens with one attached hydrogen (secondary N) is 2. The fourth-order valence-corrected chi connectivity index (χ4v) is 3.49. The van der Waals surface area contributed by atoms with E-state index in [-0.39, 0.29) is 6.04 Å². The molecule has 2 aromatic carbocycles. The molecule has 1 unspecified atom stereocenters. The summed E-state index contributed by atoms with van der Waals surface area (Å²) in [6.45, 7) is -0.508. The van der Waals surface area contributed by atoms with E-state index in [0.29, 0.717) is 11.6 Å². The summed E-state index contributed by atoms with van der Waals surface area (Å²) in [6, 6.07) is 18.5. The molecule has 2 aromatic rings. The zero-order valence-corrected chi connectivity index (χ0v) is 13.7. The van der Waals surface area contributed by atoms with Crippen LogP contribution in [0.5, 0.6) is 0 Å². The van der Waals surface area contributed by atoms with Gasteiger partial charge in [-0.3, -0.25) is 4.79 Å². The highest BCUT2D eigenvalue weighted by atomic mass is 16.3. The molecule has 0 radical (unpaired) electrons. The molecule has 126 valence electrons. The molecule has 3 N–H and O–H groups in total. The van der Waals surface area contributed by atoms with Crippen LogP contribution in [0.4, 0.5) is 11.4 Å². The Balaban J connectivity index is 1.80. The van der Waals surface area contributed by atoms with Gasteiger partial charge in [0.15, 0.2) is 0 Å². The van der Waals surface area contributed by atoms with Crippen LogP contribution in [0.1, 0.15) is 37.3 Å². The van der Waals surface area contributed by atoms with E-state index in [1.54, 1.807) is 0 Å². The van der Waals surface area contributed by atoms with Crippen molar-refractivity contribution in [3.8, 4) is 0 Å². The van der Waals surface area contributed by atoms with Crippen LogP contribution in [0, 0.1) is 5.92 Å². The summed E-state index contributed by atoms with van der Waals surface area (Å²) in [5.74, 6) is 0.227. The average Bonchev–Trinajstić information content (AvgIpc) is 3.15. The topological polar surface area (TPSA) is 61.4 Å². The summed E-state index contributed by atoms with van der Waals surface area (Å²) >= 11 is 0. The minimum Gasteiger partial charge on any atom is -0.387 e. The number of aliphatic hydroxyl groups excluding tert-OH is 1. The van der Waals surface area contributed by atoms with Gasteiger partial charge in [-0.05, 0) is 42.5 Å². The lowest BCUT2D eigenvalue weighted by Gasteiger charge is -2.26. The molecule has 4 nitrogen and oxygen atoms in total. The molecule has 1 atom stereocenters. The lowest BCUT2D eigenvalue weighted by Crippen LogP contribution is -2.19. The maximum Gasteiger partial charge on any atom is 0.250 e. The van der Waals surface area contributed by atoms with Crippen LogP contribution >= 0.6 is 0 Å². The summed E-state index contributed by atoms with van der Waals surface area (Å²) in [7, 11) is 0. The van der Waals surface area contributed by atoms with Crippen molar-refractivity contribution in [3.05, 3.63) is 60.2 Å². The molecule has 1 saturated carbocycles. The SMILES string of the molecule is O=C(CO)Nc1cccc(NC(c2ccccc2)C2CCCC2)c1. The monoisotopic (exact) mass is 324 g/mol. The third-order valence-electron chi connectivity index (χ3n) is 4.64. The predicted octanol–water partition coefficient (Wildman–Crippen LogP) is 3.96. The fraction of sp³-hybridized carbons (Fsp3) is 0.350. The molecule has 3 rings (SSSR count). The summed E-state index contributed by atoms with van der Waals surface area (Å²) in [6.07, 6.45) is 5.07. The molecule has 0 heterocycles. The number of hydrogen-bond acceptors (Lipinski definition) is 3. The molecular weight excluding hydrogens is 300 g/mol. The van der Waals surface area contributed by atoms with Crippen molar-refractivity contribution in [2.24, 2.45) is 5.92 Å². The molecule has 1 aliphatic carbocycles. The Morgan fingerprint density at radius 3 is 2.46 bits per heavy atom. The second kappa shape index (κ2) is 7.97. The minimum absolute atomic E-state index is 0.275. The second-order valence-electron chi connectivity index (χ2n) is 6.36. The number of benzene rings is 2. The largest absolute Gasteiger partial charge is 0.387 e. The molecule has 0 aliphatic heterocycles. The first kappa shape index (κ1) is 16.5. The predicted molar refractivity (Wildman–Crippen MR) is 96.9 cm³/mol. The first-order valence-corrected chi connectivity index (χ1v) is 8.58. The van der Waals surface area contributed by atoms with E-state index in [4.69, 9.17) is 5.11 Å². The van der Waals surface area contributed by atoms with Gasteiger partial charge in [-0.25, -0.2) is 0 Å². The molecule has 1 fully saturated rings. The highest BCUT2D eigenvalue weighted by Gasteiger charge is 2.26. The lowest BCUT2D eigenvalue weighted by atomic mass is 9.91. The number of carbonyl (C=O) groups is 1. The van der Waals surface area contributed by atoms with E-state index in [0.717, 1.165) is 5.69 Å². The van der Waals surface area contributed by atoms with Crippen LogP contribution in [0.2, 0.25) is 0 Å². The van der Waals surface area contributed by atoms with Crippen LogP contribution in [0.25, 0.3) is 0 Å². The van der Waals surface area contributed by atoms with Crippen molar-refractivity contribution in [1.82, 2.24) is 0 Å². The molecule has 24 heavy (non-hydrogen) atoms. The summed E-state index contributed by atoms with van der Waals surface area (Å²) in [4.78, 5) is 11.4. The first-order chi connectivity index (χ1) is 11.8. The average molecular weight is 324 g/mol. The molecule has 0 bridgehead atoms. The Labute approximate surface area is 142 Å². The maximum absolute atomic E-state index is 11.4. The smallest absolute Gasteiger partial charge is 0.250 e. The number of anilines is 2. The van der Waals surface area contributed by atoms with Crippen LogP contribution < -0.4 is 10.6 Å². The van der Waals surface area contributed by atoms with Gasteiger partial charge in [-0.1, -0.05) is 49.2 Å². The Kier molecular flexibility index (Phi) is 5.49. The normalized spacial score (nSPS) is 15.9. The molecule has 4 heteroatoms. The standard InChI is InChI=1S/C20H24N2O2/c23-14-19(24)21-17-11-6-12-18(13-17)22-20(16-9-4-5-10-16)15-7-2-1-3-8-15/h1-3,6-8,11-13,16,20,22-23H,4-5,9-10,14H2,(H,21,24). The fourth-order valence-electron chi connectivity index (χ4n) is 3.49. The third-order valence-corrected chi connectivity index (χ3v) is 4.64. The first-order valence-electron chi connectivity index (χ1n) is 8.58. The van der Waals surface area contributed by atoms with Gasteiger partial charge in [0.2, 0.25) is 5.91 Å². The molecule has 1 aliphatic rings. The molecule has 1 amide bonds. The van der Waals surface area contributed by atoms with Crippen molar-refractivity contribution >= 4 is 17.3 Å². The van der Waals surface area contributed by atoms with E-state index < -0.39 is 12.5 Å². The Morgan fingerprint density at radius 1 is 1.04 bits per heavy atom.